The van der Waals surface area contributed by atoms with Crippen molar-refractivity contribution in [3.05, 3.63) is 77.0 Å². The van der Waals surface area contributed by atoms with Crippen molar-refractivity contribution < 1.29 is 13.6 Å². The van der Waals surface area contributed by atoms with E-state index in [0.29, 0.717) is 41.9 Å². The van der Waals surface area contributed by atoms with Crippen molar-refractivity contribution in [2.24, 2.45) is 0 Å². The van der Waals surface area contributed by atoms with Crippen LogP contribution in [0.4, 0.5) is 4.39 Å². The summed E-state index contributed by atoms with van der Waals surface area (Å²) in [5.74, 6) is 0.936. The summed E-state index contributed by atoms with van der Waals surface area (Å²) in [7, 11) is 0. The summed E-state index contributed by atoms with van der Waals surface area (Å²) in [6.45, 7) is 3.27. The van der Waals surface area contributed by atoms with Crippen LogP contribution in [0.25, 0.3) is 11.3 Å². The summed E-state index contributed by atoms with van der Waals surface area (Å²) in [6.07, 6.45) is 1.72. The number of amides is 1. The molecule has 0 atom stereocenters. The molecule has 144 valence electrons. The maximum Gasteiger partial charge on any atom is 0.253 e. The van der Waals surface area contributed by atoms with E-state index >= 15 is 0 Å². The van der Waals surface area contributed by atoms with Gasteiger partial charge in [-0.05, 0) is 48.5 Å². The van der Waals surface area contributed by atoms with E-state index in [1.807, 2.05) is 24.3 Å². The van der Waals surface area contributed by atoms with Crippen molar-refractivity contribution in [1.29, 1.82) is 0 Å². The number of aromatic nitrogens is 1. The zero-order valence-corrected chi connectivity index (χ0v) is 15.9. The van der Waals surface area contributed by atoms with Gasteiger partial charge in [-0.1, -0.05) is 11.6 Å². The molecule has 28 heavy (non-hydrogen) atoms. The van der Waals surface area contributed by atoms with Gasteiger partial charge in [-0.25, -0.2) is 9.37 Å². The number of carbonyl (C=O) groups is 1. The third-order valence-corrected chi connectivity index (χ3v) is 5.04. The maximum atomic E-state index is 13.0. The zero-order valence-electron chi connectivity index (χ0n) is 15.1. The lowest BCUT2D eigenvalue weighted by Gasteiger charge is -2.34. The summed E-state index contributed by atoms with van der Waals surface area (Å²) in [4.78, 5) is 20.9. The molecule has 3 aromatic rings. The van der Waals surface area contributed by atoms with E-state index in [1.54, 1.807) is 11.1 Å². The van der Waals surface area contributed by atoms with Crippen LogP contribution >= 0.6 is 11.6 Å². The summed E-state index contributed by atoms with van der Waals surface area (Å²) < 4.78 is 18.9. The first-order valence-corrected chi connectivity index (χ1v) is 9.44. The largest absolute Gasteiger partial charge is 0.439 e. The predicted octanol–water partition coefficient (Wildman–Crippen LogP) is 4.09. The lowest BCUT2D eigenvalue weighted by Crippen LogP contribution is -2.48. The molecule has 5 nitrogen and oxygen atoms in total. The van der Waals surface area contributed by atoms with E-state index in [0.717, 1.165) is 18.7 Å². The van der Waals surface area contributed by atoms with Crippen LogP contribution in [-0.4, -0.2) is 46.9 Å². The normalized spacial score (nSPS) is 15.0. The first-order valence-electron chi connectivity index (χ1n) is 9.06. The van der Waals surface area contributed by atoms with E-state index in [2.05, 4.69) is 9.88 Å². The van der Waals surface area contributed by atoms with E-state index in [1.165, 1.54) is 24.3 Å². The SMILES string of the molecule is O=C(c1ccc(F)cc1)N1CCN(Cc2ncc(-c3ccc(Cl)cc3)o2)CC1. The average Bonchev–Trinajstić information content (AvgIpc) is 3.18. The lowest BCUT2D eigenvalue weighted by atomic mass is 10.2. The van der Waals surface area contributed by atoms with Gasteiger partial charge in [0, 0.05) is 42.3 Å². The molecule has 0 bridgehead atoms. The average molecular weight is 400 g/mol. The summed E-state index contributed by atoms with van der Waals surface area (Å²) >= 11 is 5.92. The van der Waals surface area contributed by atoms with Gasteiger partial charge >= 0.3 is 0 Å². The zero-order chi connectivity index (χ0) is 19.5. The molecule has 0 N–H and O–H groups in total. The number of hydrogen-bond acceptors (Lipinski definition) is 4. The number of hydrogen-bond donors (Lipinski definition) is 0. The number of rotatable bonds is 4. The Labute approximate surface area is 167 Å². The molecule has 0 unspecified atom stereocenters. The molecule has 2 aromatic carbocycles. The second-order valence-electron chi connectivity index (χ2n) is 6.70. The van der Waals surface area contributed by atoms with Gasteiger partial charge in [0.1, 0.15) is 5.82 Å². The molecule has 0 spiro atoms. The quantitative estimate of drug-likeness (QED) is 0.663. The highest BCUT2D eigenvalue weighted by molar-refractivity contribution is 6.30. The summed E-state index contributed by atoms with van der Waals surface area (Å²) in [6, 6.07) is 13.1. The van der Waals surface area contributed by atoms with Crippen molar-refractivity contribution in [2.45, 2.75) is 6.54 Å². The van der Waals surface area contributed by atoms with Gasteiger partial charge in [-0.15, -0.1) is 0 Å². The topological polar surface area (TPSA) is 49.6 Å². The number of piperazine rings is 1. The van der Waals surface area contributed by atoms with E-state index in [-0.39, 0.29) is 11.7 Å². The van der Waals surface area contributed by atoms with Crippen LogP contribution in [0.3, 0.4) is 0 Å². The Morgan fingerprint density at radius 1 is 1.04 bits per heavy atom. The molecule has 0 saturated carbocycles. The van der Waals surface area contributed by atoms with Crippen molar-refractivity contribution in [3.63, 3.8) is 0 Å². The lowest BCUT2D eigenvalue weighted by molar-refractivity contribution is 0.0618. The van der Waals surface area contributed by atoms with Crippen LogP contribution in [0.1, 0.15) is 16.2 Å². The van der Waals surface area contributed by atoms with Gasteiger partial charge in [0.05, 0.1) is 12.7 Å². The maximum absolute atomic E-state index is 13.0. The number of nitrogens with zero attached hydrogens (tertiary/aromatic N) is 3. The van der Waals surface area contributed by atoms with E-state index in [4.69, 9.17) is 16.0 Å². The fourth-order valence-corrected chi connectivity index (χ4v) is 3.33. The van der Waals surface area contributed by atoms with Gasteiger partial charge in [0.2, 0.25) is 5.89 Å². The van der Waals surface area contributed by atoms with Crippen molar-refractivity contribution in [3.8, 4) is 11.3 Å². The van der Waals surface area contributed by atoms with Crippen LogP contribution in [0.5, 0.6) is 0 Å². The molecule has 1 aromatic heterocycles. The molecule has 0 aliphatic carbocycles. The Morgan fingerprint density at radius 2 is 1.71 bits per heavy atom. The van der Waals surface area contributed by atoms with E-state index in [9.17, 15) is 9.18 Å². The minimum atomic E-state index is -0.342. The van der Waals surface area contributed by atoms with Gasteiger partial charge in [0.25, 0.3) is 5.91 Å². The molecule has 1 saturated heterocycles. The highest BCUT2D eigenvalue weighted by atomic mass is 35.5. The van der Waals surface area contributed by atoms with Crippen LogP contribution in [-0.2, 0) is 6.54 Å². The van der Waals surface area contributed by atoms with Crippen molar-refractivity contribution >= 4 is 17.5 Å². The fourth-order valence-electron chi connectivity index (χ4n) is 3.21. The van der Waals surface area contributed by atoms with Crippen LogP contribution < -0.4 is 0 Å². The van der Waals surface area contributed by atoms with Crippen LogP contribution in [0.2, 0.25) is 5.02 Å². The molecule has 2 heterocycles. The molecule has 1 fully saturated rings. The monoisotopic (exact) mass is 399 g/mol. The molecule has 1 aliphatic heterocycles. The van der Waals surface area contributed by atoms with E-state index < -0.39 is 0 Å². The van der Waals surface area contributed by atoms with Crippen molar-refractivity contribution in [2.75, 3.05) is 26.2 Å². The Morgan fingerprint density at radius 3 is 2.39 bits per heavy atom. The smallest absolute Gasteiger partial charge is 0.253 e. The molecule has 1 aliphatic rings. The van der Waals surface area contributed by atoms with Gasteiger partial charge in [-0.2, -0.15) is 0 Å². The minimum Gasteiger partial charge on any atom is -0.439 e. The number of oxazole rings is 1. The first-order chi connectivity index (χ1) is 13.6. The molecule has 7 heteroatoms. The summed E-state index contributed by atoms with van der Waals surface area (Å²) in [5, 5.41) is 0.677. The van der Waals surface area contributed by atoms with Gasteiger partial charge in [-0.3, -0.25) is 9.69 Å². The summed E-state index contributed by atoms with van der Waals surface area (Å²) in [5.41, 5.74) is 1.44. The highest BCUT2D eigenvalue weighted by Crippen LogP contribution is 2.23. The first kappa shape index (κ1) is 18.7. The molecular formula is C21H19ClFN3O2. The third-order valence-electron chi connectivity index (χ3n) is 4.79. The minimum absolute atomic E-state index is 0.0687. The molecular weight excluding hydrogens is 381 g/mol. The second kappa shape index (κ2) is 8.12. The van der Waals surface area contributed by atoms with Gasteiger partial charge < -0.3 is 9.32 Å². The van der Waals surface area contributed by atoms with Crippen LogP contribution in [0.15, 0.2) is 59.1 Å². The second-order valence-corrected chi connectivity index (χ2v) is 7.14. The third kappa shape index (κ3) is 4.24. The number of benzene rings is 2. The standard InChI is InChI=1S/C21H19ClFN3O2/c22-17-5-1-15(2-6-17)19-13-24-20(28-19)14-25-9-11-26(12-10-25)21(27)16-3-7-18(23)8-4-16/h1-8,13H,9-12,14H2. The fraction of sp³-hybridized carbons (Fsp3) is 0.238. The van der Waals surface area contributed by atoms with Gasteiger partial charge in [0.15, 0.2) is 5.76 Å². The number of halogens is 2. The Bertz CT molecular complexity index is 949. The highest BCUT2D eigenvalue weighted by Gasteiger charge is 2.23. The Balaban J connectivity index is 1.33. The molecule has 0 radical (unpaired) electrons. The van der Waals surface area contributed by atoms with Crippen LogP contribution in [0, 0.1) is 5.82 Å². The molecule has 4 rings (SSSR count). The number of carbonyl (C=O) groups excluding carboxylic acids is 1. The Hall–Kier alpha value is -2.70. The molecule has 1 amide bonds. The van der Waals surface area contributed by atoms with Crippen molar-refractivity contribution in [1.82, 2.24) is 14.8 Å². The Kier molecular flexibility index (Phi) is 5.41. The predicted molar refractivity (Wildman–Crippen MR) is 105 cm³/mol.